The molecule has 0 saturated heterocycles. The highest BCUT2D eigenvalue weighted by Gasteiger charge is 2.22. The SMILES string of the molecule is c1ccc(-c2ccc(N(c3cccc(-c4cccc(N(c5ccc(-c6ccccc6)cc5)c5cccc6oc7ccccc7c56)c4)c3)c3cccc4oc5ccccc5c34)cc2)cc1. The van der Waals surface area contributed by atoms with Gasteiger partial charge >= 0.3 is 0 Å². The normalized spacial score (nSPS) is 11.4. The summed E-state index contributed by atoms with van der Waals surface area (Å²) in [6, 6.07) is 85.8. The summed E-state index contributed by atoms with van der Waals surface area (Å²) >= 11 is 0. The molecular formula is C60H40N2O2. The lowest BCUT2D eigenvalue weighted by molar-refractivity contribution is 0.668. The molecule has 0 fully saturated rings. The average molecular weight is 821 g/mol. The summed E-state index contributed by atoms with van der Waals surface area (Å²) in [7, 11) is 0. The lowest BCUT2D eigenvalue weighted by Gasteiger charge is -2.28. The van der Waals surface area contributed by atoms with Gasteiger partial charge in [0.1, 0.15) is 22.3 Å². The van der Waals surface area contributed by atoms with Gasteiger partial charge in [0, 0.05) is 33.5 Å². The van der Waals surface area contributed by atoms with Crippen molar-refractivity contribution in [3.63, 3.8) is 0 Å². The first-order valence-electron chi connectivity index (χ1n) is 21.7. The summed E-state index contributed by atoms with van der Waals surface area (Å²) in [5.41, 5.74) is 16.6. The first-order chi connectivity index (χ1) is 31.7. The van der Waals surface area contributed by atoms with Crippen LogP contribution in [0, 0.1) is 0 Å². The van der Waals surface area contributed by atoms with Crippen LogP contribution in [0.1, 0.15) is 0 Å². The Balaban J connectivity index is 1.00. The van der Waals surface area contributed by atoms with Crippen LogP contribution in [0.5, 0.6) is 0 Å². The van der Waals surface area contributed by atoms with Crippen molar-refractivity contribution in [1.82, 2.24) is 0 Å². The van der Waals surface area contributed by atoms with Gasteiger partial charge in [-0.25, -0.2) is 0 Å². The van der Waals surface area contributed by atoms with Gasteiger partial charge in [0.15, 0.2) is 0 Å². The molecule has 0 aliphatic heterocycles. The van der Waals surface area contributed by atoms with E-state index in [0.29, 0.717) is 0 Å². The fraction of sp³-hybridized carbons (Fsp3) is 0. The Bertz CT molecular complexity index is 3370. The molecule has 4 heteroatoms. The molecule has 2 aromatic heterocycles. The standard InChI is InChI=1S/C60H40N2O2/c1-3-15-41(16-4-1)43-31-35-47(36-32-43)61(53-25-13-29-57-59(53)51-23-7-9-27-55(51)63-57)49-21-11-19-45(39-49)46-20-12-22-50(40-46)62(48-37-33-44(34-38-48)42-17-5-2-6-18-42)54-26-14-30-58-60(54)52-24-8-10-28-56(52)64-58/h1-40H. The van der Waals surface area contributed by atoms with E-state index in [0.717, 1.165) is 89.1 Å². The zero-order chi connectivity index (χ0) is 42.4. The molecule has 10 aromatic carbocycles. The second-order valence-corrected chi connectivity index (χ2v) is 16.1. The Labute approximate surface area is 371 Å². The van der Waals surface area contributed by atoms with Crippen LogP contribution in [0.3, 0.4) is 0 Å². The fourth-order valence-corrected chi connectivity index (χ4v) is 9.26. The molecule has 302 valence electrons. The van der Waals surface area contributed by atoms with Crippen LogP contribution in [0.2, 0.25) is 0 Å². The van der Waals surface area contributed by atoms with E-state index >= 15 is 0 Å². The Kier molecular flexibility index (Phi) is 9.12. The molecule has 0 atom stereocenters. The highest BCUT2D eigenvalue weighted by atomic mass is 16.3. The molecular weight excluding hydrogens is 781 g/mol. The van der Waals surface area contributed by atoms with Crippen molar-refractivity contribution in [3.8, 4) is 33.4 Å². The number of fused-ring (bicyclic) bond motifs is 6. The van der Waals surface area contributed by atoms with Crippen molar-refractivity contribution >= 4 is 78.0 Å². The minimum absolute atomic E-state index is 0.853. The molecule has 0 unspecified atom stereocenters. The molecule has 12 aromatic rings. The first kappa shape index (κ1) is 37.2. The molecule has 0 saturated carbocycles. The molecule has 4 nitrogen and oxygen atoms in total. The van der Waals surface area contributed by atoms with E-state index in [1.165, 1.54) is 22.3 Å². The van der Waals surface area contributed by atoms with Crippen molar-refractivity contribution in [2.45, 2.75) is 0 Å². The van der Waals surface area contributed by atoms with Crippen molar-refractivity contribution in [2.24, 2.45) is 0 Å². The minimum atomic E-state index is 0.853. The summed E-state index contributed by atoms with van der Waals surface area (Å²) in [6.07, 6.45) is 0. The predicted octanol–water partition coefficient (Wildman–Crippen LogP) is 17.4. The minimum Gasteiger partial charge on any atom is -0.456 e. The van der Waals surface area contributed by atoms with Crippen LogP contribution in [0.25, 0.3) is 77.3 Å². The topological polar surface area (TPSA) is 32.8 Å². The maximum atomic E-state index is 6.43. The van der Waals surface area contributed by atoms with E-state index in [1.54, 1.807) is 0 Å². The Morgan fingerprint density at radius 1 is 0.234 bits per heavy atom. The lowest BCUT2D eigenvalue weighted by atomic mass is 10.0. The Hall–Kier alpha value is -8.60. The van der Waals surface area contributed by atoms with E-state index in [1.807, 2.05) is 24.3 Å². The van der Waals surface area contributed by atoms with Crippen LogP contribution in [0.15, 0.2) is 251 Å². The lowest BCUT2D eigenvalue weighted by Crippen LogP contribution is -2.11. The van der Waals surface area contributed by atoms with E-state index in [-0.39, 0.29) is 0 Å². The number of hydrogen-bond donors (Lipinski definition) is 0. The van der Waals surface area contributed by atoms with E-state index in [9.17, 15) is 0 Å². The van der Waals surface area contributed by atoms with Gasteiger partial charge in [-0.3, -0.25) is 0 Å². The van der Waals surface area contributed by atoms with Gasteiger partial charge in [0.2, 0.25) is 0 Å². The second kappa shape index (κ2) is 15.7. The molecule has 0 bridgehead atoms. The monoisotopic (exact) mass is 820 g/mol. The highest BCUT2D eigenvalue weighted by Crippen LogP contribution is 2.46. The van der Waals surface area contributed by atoms with Gasteiger partial charge in [0.25, 0.3) is 0 Å². The van der Waals surface area contributed by atoms with Gasteiger partial charge in [-0.05, 0) is 118 Å². The summed E-state index contributed by atoms with van der Waals surface area (Å²) in [4.78, 5) is 4.72. The highest BCUT2D eigenvalue weighted by molar-refractivity contribution is 6.14. The van der Waals surface area contributed by atoms with E-state index in [4.69, 9.17) is 8.83 Å². The zero-order valence-corrected chi connectivity index (χ0v) is 34.8. The maximum Gasteiger partial charge on any atom is 0.137 e. The van der Waals surface area contributed by atoms with Gasteiger partial charge in [0.05, 0.1) is 22.1 Å². The van der Waals surface area contributed by atoms with Crippen LogP contribution < -0.4 is 9.80 Å². The number of benzene rings is 10. The molecule has 0 aliphatic rings. The molecule has 0 amide bonds. The summed E-state index contributed by atoms with van der Waals surface area (Å²) < 4.78 is 12.9. The first-order valence-corrected chi connectivity index (χ1v) is 21.7. The number of hydrogen-bond acceptors (Lipinski definition) is 4. The van der Waals surface area contributed by atoms with Crippen molar-refractivity contribution < 1.29 is 8.83 Å². The summed E-state index contributed by atoms with van der Waals surface area (Å²) in [5.74, 6) is 0. The summed E-state index contributed by atoms with van der Waals surface area (Å²) in [5, 5.41) is 4.32. The van der Waals surface area contributed by atoms with Crippen LogP contribution in [-0.2, 0) is 0 Å². The van der Waals surface area contributed by atoms with E-state index in [2.05, 4.69) is 228 Å². The molecule has 0 radical (unpaired) electrons. The molecule has 0 spiro atoms. The zero-order valence-electron chi connectivity index (χ0n) is 34.8. The van der Waals surface area contributed by atoms with E-state index < -0.39 is 0 Å². The third-order valence-electron chi connectivity index (χ3n) is 12.3. The number of furan rings is 2. The average Bonchev–Trinajstić information content (AvgIpc) is 3.95. The van der Waals surface area contributed by atoms with Gasteiger partial charge in [-0.2, -0.15) is 0 Å². The van der Waals surface area contributed by atoms with Crippen molar-refractivity contribution in [3.05, 3.63) is 243 Å². The fourth-order valence-electron chi connectivity index (χ4n) is 9.26. The predicted molar refractivity (Wildman–Crippen MR) is 267 cm³/mol. The third-order valence-corrected chi connectivity index (χ3v) is 12.3. The smallest absolute Gasteiger partial charge is 0.137 e. The number of nitrogens with zero attached hydrogens (tertiary/aromatic N) is 2. The number of para-hydroxylation sites is 2. The number of rotatable bonds is 9. The number of anilines is 6. The van der Waals surface area contributed by atoms with Crippen molar-refractivity contribution in [2.75, 3.05) is 9.80 Å². The Morgan fingerprint density at radius 2 is 0.578 bits per heavy atom. The van der Waals surface area contributed by atoms with Gasteiger partial charge < -0.3 is 18.6 Å². The molecule has 2 heterocycles. The summed E-state index contributed by atoms with van der Waals surface area (Å²) in [6.45, 7) is 0. The largest absolute Gasteiger partial charge is 0.456 e. The van der Waals surface area contributed by atoms with Crippen LogP contribution in [0.4, 0.5) is 34.1 Å². The van der Waals surface area contributed by atoms with Gasteiger partial charge in [-0.15, -0.1) is 0 Å². The molecule has 0 N–H and O–H groups in total. The maximum absolute atomic E-state index is 6.43. The van der Waals surface area contributed by atoms with Crippen molar-refractivity contribution in [1.29, 1.82) is 0 Å². The van der Waals surface area contributed by atoms with Crippen LogP contribution in [-0.4, -0.2) is 0 Å². The van der Waals surface area contributed by atoms with Gasteiger partial charge in [-0.1, -0.05) is 158 Å². The third kappa shape index (κ3) is 6.57. The van der Waals surface area contributed by atoms with Crippen LogP contribution >= 0.6 is 0 Å². The molecule has 0 aliphatic carbocycles. The molecule has 64 heavy (non-hydrogen) atoms. The Morgan fingerprint density at radius 3 is 1.02 bits per heavy atom. The molecule has 12 rings (SSSR count). The quantitative estimate of drug-likeness (QED) is 0.145. The second-order valence-electron chi connectivity index (χ2n) is 16.1.